The van der Waals surface area contributed by atoms with Crippen molar-refractivity contribution in [2.24, 2.45) is 0 Å². The molecule has 7 nitrogen and oxygen atoms in total. The summed E-state index contributed by atoms with van der Waals surface area (Å²) in [5.74, 6) is 7.50. The molecule has 3 aromatic rings. The maximum Gasteiger partial charge on any atom is 0.337 e. The van der Waals surface area contributed by atoms with Gasteiger partial charge in [0.25, 0.3) is 0 Å². The van der Waals surface area contributed by atoms with E-state index in [1.807, 2.05) is 12.1 Å². The monoisotopic (exact) mass is 404 g/mol. The molecule has 3 rings (SSSR count). The highest BCUT2D eigenvalue weighted by Crippen LogP contribution is 2.22. The van der Waals surface area contributed by atoms with E-state index in [4.69, 9.17) is 22.2 Å². The molecule has 0 saturated heterocycles. The molecule has 0 fully saturated rings. The van der Waals surface area contributed by atoms with Gasteiger partial charge in [-0.2, -0.15) is 0 Å². The van der Waals surface area contributed by atoms with Crippen molar-refractivity contribution < 1.29 is 14.3 Å². The van der Waals surface area contributed by atoms with Gasteiger partial charge in [0, 0.05) is 10.8 Å². The average Bonchev–Trinajstić information content (AvgIpc) is 3.05. The molecule has 140 valence electrons. The number of nitrogens with two attached hydrogens (primary N) is 1. The highest BCUT2D eigenvalue weighted by Gasteiger charge is 2.12. The number of esters is 1. The first-order chi connectivity index (χ1) is 13.1. The molecule has 9 heteroatoms. The van der Waals surface area contributed by atoms with Crippen molar-refractivity contribution >= 4 is 29.3 Å². The zero-order valence-corrected chi connectivity index (χ0v) is 16.0. The van der Waals surface area contributed by atoms with Crippen molar-refractivity contribution in [1.29, 1.82) is 0 Å². The second-order valence-electron chi connectivity index (χ2n) is 5.49. The Labute approximate surface area is 165 Å². The number of nitrogens with zero attached hydrogens (tertiary/aromatic N) is 3. The van der Waals surface area contributed by atoms with Crippen molar-refractivity contribution in [3.8, 4) is 5.75 Å². The molecule has 2 aromatic carbocycles. The summed E-state index contributed by atoms with van der Waals surface area (Å²) >= 11 is 7.29. The summed E-state index contributed by atoms with van der Waals surface area (Å²) in [6.45, 7) is 0.194. The van der Waals surface area contributed by atoms with Crippen LogP contribution in [0.1, 0.15) is 21.7 Å². The number of nitrogen functional groups attached to an aromatic ring is 1. The van der Waals surface area contributed by atoms with E-state index in [0.717, 1.165) is 5.56 Å². The summed E-state index contributed by atoms with van der Waals surface area (Å²) in [7, 11) is 1.36. The summed E-state index contributed by atoms with van der Waals surface area (Å²) in [6, 6.07) is 14.2. The van der Waals surface area contributed by atoms with Crippen LogP contribution in [0.4, 0.5) is 0 Å². The highest BCUT2D eigenvalue weighted by atomic mass is 35.5. The molecule has 0 aliphatic carbocycles. The molecule has 2 N–H and O–H groups in total. The first-order valence-electron chi connectivity index (χ1n) is 7.94. The zero-order valence-electron chi connectivity index (χ0n) is 14.5. The van der Waals surface area contributed by atoms with Crippen LogP contribution in [0, 0.1) is 0 Å². The largest absolute Gasteiger partial charge is 0.486 e. The fraction of sp³-hybridized carbons (Fsp3) is 0.167. The lowest BCUT2D eigenvalue weighted by Gasteiger charge is -2.06. The molecular weight excluding hydrogens is 388 g/mol. The number of carbonyl (C=O) groups is 1. The van der Waals surface area contributed by atoms with Crippen LogP contribution in [0.2, 0.25) is 5.02 Å². The Morgan fingerprint density at radius 3 is 2.52 bits per heavy atom. The normalized spacial score (nSPS) is 10.6. The van der Waals surface area contributed by atoms with Gasteiger partial charge in [-0.15, -0.1) is 10.2 Å². The van der Waals surface area contributed by atoms with E-state index in [2.05, 4.69) is 14.9 Å². The van der Waals surface area contributed by atoms with Gasteiger partial charge in [0.15, 0.2) is 5.82 Å². The van der Waals surface area contributed by atoms with E-state index in [9.17, 15) is 4.79 Å². The number of methoxy groups -OCH3 is 1. The Morgan fingerprint density at radius 2 is 1.85 bits per heavy atom. The second-order valence-corrected chi connectivity index (χ2v) is 6.87. The Morgan fingerprint density at radius 1 is 1.15 bits per heavy atom. The van der Waals surface area contributed by atoms with Crippen LogP contribution in [-0.2, 0) is 17.1 Å². The molecule has 0 saturated carbocycles. The van der Waals surface area contributed by atoms with E-state index >= 15 is 0 Å². The molecule has 0 unspecified atom stereocenters. The summed E-state index contributed by atoms with van der Waals surface area (Å²) < 4.78 is 11.7. The van der Waals surface area contributed by atoms with Crippen molar-refractivity contribution in [2.75, 3.05) is 13.0 Å². The zero-order chi connectivity index (χ0) is 19.2. The predicted molar refractivity (Wildman–Crippen MR) is 103 cm³/mol. The minimum absolute atomic E-state index is 0.194. The summed E-state index contributed by atoms with van der Waals surface area (Å²) in [4.78, 5) is 11.4. The quantitative estimate of drug-likeness (QED) is 0.367. The number of aromatic nitrogens is 3. The second kappa shape index (κ2) is 8.79. The van der Waals surface area contributed by atoms with Gasteiger partial charge in [-0.25, -0.2) is 9.47 Å². The number of benzene rings is 2. The van der Waals surface area contributed by atoms with E-state index in [-0.39, 0.29) is 12.6 Å². The average molecular weight is 405 g/mol. The van der Waals surface area contributed by atoms with Crippen LogP contribution in [0.5, 0.6) is 5.75 Å². The Kier molecular flexibility index (Phi) is 6.20. The third-order valence-electron chi connectivity index (χ3n) is 3.66. The molecular formula is C18H17ClN4O3S. The number of rotatable bonds is 7. The molecule has 1 heterocycles. The van der Waals surface area contributed by atoms with E-state index in [1.54, 1.807) is 36.4 Å². The van der Waals surface area contributed by atoms with Gasteiger partial charge in [0.05, 0.1) is 12.7 Å². The Hall–Kier alpha value is -2.71. The first kappa shape index (κ1) is 19.1. The van der Waals surface area contributed by atoms with Crippen LogP contribution in [0.3, 0.4) is 0 Å². The maximum atomic E-state index is 11.4. The van der Waals surface area contributed by atoms with Gasteiger partial charge >= 0.3 is 5.97 Å². The Balaban J connectivity index is 1.57. The number of carbonyl (C=O) groups excluding carboxylic acids is 1. The summed E-state index contributed by atoms with van der Waals surface area (Å²) in [5, 5.41) is 9.37. The summed E-state index contributed by atoms with van der Waals surface area (Å²) in [6.07, 6.45) is 0. The van der Waals surface area contributed by atoms with E-state index < -0.39 is 0 Å². The van der Waals surface area contributed by atoms with Crippen LogP contribution in [0.15, 0.2) is 53.7 Å². The lowest BCUT2D eigenvalue weighted by atomic mass is 10.1. The Bertz CT molecular complexity index is 913. The molecule has 0 aliphatic heterocycles. The number of thioether (sulfide) groups is 1. The number of hydrogen-bond donors (Lipinski definition) is 1. The third-order valence-corrected chi connectivity index (χ3v) is 4.93. The molecule has 0 radical (unpaired) electrons. The smallest absolute Gasteiger partial charge is 0.337 e. The lowest BCUT2D eigenvalue weighted by Crippen LogP contribution is -2.15. The van der Waals surface area contributed by atoms with E-state index in [0.29, 0.717) is 33.1 Å². The number of halogens is 1. The van der Waals surface area contributed by atoms with Crippen molar-refractivity contribution in [3.63, 3.8) is 0 Å². The van der Waals surface area contributed by atoms with Gasteiger partial charge < -0.3 is 15.3 Å². The molecule has 1 aromatic heterocycles. The van der Waals surface area contributed by atoms with Gasteiger partial charge in [0.2, 0.25) is 5.16 Å². The molecule has 0 bridgehead atoms. The van der Waals surface area contributed by atoms with Crippen molar-refractivity contribution in [1.82, 2.24) is 14.9 Å². The molecule has 27 heavy (non-hydrogen) atoms. The van der Waals surface area contributed by atoms with Gasteiger partial charge in [-0.05, 0) is 42.0 Å². The van der Waals surface area contributed by atoms with E-state index in [1.165, 1.54) is 23.5 Å². The van der Waals surface area contributed by atoms with Gasteiger partial charge in [0.1, 0.15) is 12.4 Å². The van der Waals surface area contributed by atoms with Crippen LogP contribution >= 0.6 is 23.4 Å². The highest BCUT2D eigenvalue weighted by molar-refractivity contribution is 7.98. The minimum Gasteiger partial charge on any atom is -0.486 e. The molecule has 0 aliphatic rings. The molecule has 0 amide bonds. The van der Waals surface area contributed by atoms with Crippen molar-refractivity contribution in [2.45, 2.75) is 17.5 Å². The van der Waals surface area contributed by atoms with Crippen molar-refractivity contribution in [3.05, 3.63) is 70.5 Å². The third kappa shape index (κ3) is 4.93. The summed E-state index contributed by atoms with van der Waals surface area (Å²) in [5.41, 5.74) is 1.53. The molecule has 0 spiro atoms. The number of ether oxygens (including phenoxy) is 2. The van der Waals surface area contributed by atoms with Gasteiger partial charge in [-0.3, -0.25) is 0 Å². The van der Waals surface area contributed by atoms with Gasteiger partial charge in [-0.1, -0.05) is 35.5 Å². The fourth-order valence-corrected chi connectivity index (χ4v) is 3.14. The lowest BCUT2D eigenvalue weighted by molar-refractivity contribution is 0.0600. The SMILES string of the molecule is COC(=O)c1ccc(CSc2nnc(COc3ccc(Cl)cc3)n2N)cc1. The number of hydrogen-bond acceptors (Lipinski definition) is 7. The standard InChI is InChI=1S/C18H17ClN4O3S/c1-25-17(24)13-4-2-12(3-5-13)11-27-18-22-21-16(23(18)20)10-26-15-8-6-14(19)7-9-15/h2-9H,10-11,20H2,1H3. The fourth-order valence-electron chi connectivity index (χ4n) is 2.19. The predicted octanol–water partition coefficient (Wildman–Crippen LogP) is 3.30. The maximum absolute atomic E-state index is 11.4. The van der Waals surface area contributed by atoms with Crippen LogP contribution in [0.25, 0.3) is 0 Å². The molecule has 0 atom stereocenters. The topological polar surface area (TPSA) is 92.3 Å². The first-order valence-corrected chi connectivity index (χ1v) is 9.31. The minimum atomic E-state index is -0.360. The van der Waals surface area contributed by atoms with Crippen LogP contribution in [-0.4, -0.2) is 28.0 Å². The van der Waals surface area contributed by atoms with Crippen LogP contribution < -0.4 is 10.6 Å².